The first kappa shape index (κ1) is 11.4. The number of rotatable bonds is 3. The van der Waals surface area contributed by atoms with Crippen LogP contribution in [0.1, 0.15) is 29.0 Å². The van der Waals surface area contributed by atoms with E-state index in [1.54, 1.807) is 0 Å². The van der Waals surface area contributed by atoms with E-state index in [2.05, 4.69) is 4.98 Å². The first-order valence-electron chi connectivity index (χ1n) is 6.36. The molecule has 0 spiro atoms. The van der Waals surface area contributed by atoms with Crippen molar-refractivity contribution < 1.29 is 9.53 Å². The summed E-state index contributed by atoms with van der Waals surface area (Å²) in [5, 5.41) is 0. The molecule has 1 aliphatic heterocycles. The zero-order chi connectivity index (χ0) is 12.4. The van der Waals surface area contributed by atoms with Gasteiger partial charge < -0.3 is 9.14 Å². The van der Waals surface area contributed by atoms with Crippen LogP contribution in [0.15, 0.2) is 24.5 Å². The number of hydrogen-bond acceptors (Lipinski definition) is 3. The van der Waals surface area contributed by atoms with E-state index in [1.165, 1.54) is 6.42 Å². The number of aromatic nitrogens is 2. The molecular formula is C14H16N2O2. The summed E-state index contributed by atoms with van der Waals surface area (Å²) in [5.41, 5.74) is 1.72. The molecule has 1 fully saturated rings. The Balaban J connectivity index is 1.88. The molecule has 0 radical (unpaired) electrons. The van der Waals surface area contributed by atoms with Gasteiger partial charge in [0.25, 0.3) is 0 Å². The fourth-order valence-corrected chi connectivity index (χ4v) is 2.51. The summed E-state index contributed by atoms with van der Waals surface area (Å²) in [5.74, 6) is 1.56. The highest BCUT2D eigenvalue weighted by atomic mass is 16.5. The zero-order valence-electron chi connectivity index (χ0n) is 10.2. The molecule has 3 heterocycles. The highest BCUT2D eigenvalue weighted by Crippen LogP contribution is 2.19. The number of carbonyl (C=O) groups is 1. The summed E-state index contributed by atoms with van der Waals surface area (Å²) in [6.45, 7) is 1.70. The fraction of sp³-hybridized carbons (Fsp3) is 0.429. The first-order valence-corrected chi connectivity index (χ1v) is 6.36. The molecule has 18 heavy (non-hydrogen) atoms. The lowest BCUT2D eigenvalue weighted by Gasteiger charge is -2.21. The largest absolute Gasteiger partial charge is 0.381 e. The summed E-state index contributed by atoms with van der Waals surface area (Å²) < 4.78 is 7.51. The molecule has 3 rings (SSSR count). The molecule has 1 atom stereocenters. The molecule has 0 aliphatic carbocycles. The van der Waals surface area contributed by atoms with Gasteiger partial charge in [-0.3, -0.25) is 4.79 Å². The quantitative estimate of drug-likeness (QED) is 0.777. The smallest absolute Gasteiger partial charge is 0.151 e. The van der Waals surface area contributed by atoms with Crippen LogP contribution in [0.25, 0.3) is 5.52 Å². The van der Waals surface area contributed by atoms with E-state index in [-0.39, 0.29) is 0 Å². The van der Waals surface area contributed by atoms with E-state index in [0.29, 0.717) is 11.5 Å². The molecule has 0 bridgehead atoms. The van der Waals surface area contributed by atoms with Crippen LogP contribution in [-0.2, 0) is 11.2 Å². The standard InChI is InChI=1S/C14H16N2O2/c17-9-12-3-4-13-7-15-14(16(13)8-12)6-11-2-1-5-18-10-11/h3-4,7-9,11H,1-2,5-6,10H2. The fourth-order valence-electron chi connectivity index (χ4n) is 2.51. The number of fused-ring (bicyclic) bond motifs is 1. The Morgan fingerprint density at radius 1 is 1.50 bits per heavy atom. The second-order valence-corrected chi connectivity index (χ2v) is 4.84. The van der Waals surface area contributed by atoms with Gasteiger partial charge in [0.1, 0.15) is 5.82 Å². The number of nitrogens with zero attached hydrogens (tertiary/aromatic N) is 2. The van der Waals surface area contributed by atoms with Crippen LogP contribution in [0.4, 0.5) is 0 Å². The molecule has 4 nitrogen and oxygen atoms in total. The minimum absolute atomic E-state index is 0.546. The number of aldehydes is 1. The number of hydrogen-bond donors (Lipinski definition) is 0. The first-order chi connectivity index (χ1) is 8.86. The van der Waals surface area contributed by atoms with Gasteiger partial charge in [-0.2, -0.15) is 0 Å². The van der Waals surface area contributed by atoms with Crippen molar-refractivity contribution in [3.05, 3.63) is 35.9 Å². The minimum atomic E-state index is 0.546. The van der Waals surface area contributed by atoms with Crippen molar-refractivity contribution in [3.8, 4) is 0 Å². The summed E-state index contributed by atoms with van der Waals surface area (Å²) >= 11 is 0. The molecular weight excluding hydrogens is 228 g/mol. The number of pyridine rings is 1. The van der Waals surface area contributed by atoms with Gasteiger partial charge in [-0.15, -0.1) is 0 Å². The molecule has 2 aromatic heterocycles. The van der Waals surface area contributed by atoms with Crippen LogP contribution in [0.5, 0.6) is 0 Å². The van der Waals surface area contributed by atoms with Gasteiger partial charge in [0.15, 0.2) is 6.29 Å². The Bertz CT molecular complexity index is 556. The van der Waals surface area contributed by atoms with Gasteiger partial charge in [-0.1, -0.05) is 0 Å². The number of ether oxygens (including phenoxy) is 1. The molecule has 0 amide bonds. The third kappa shape index (κ3) is 2.16. The van der Waals surface area contributed by atoms with E-state index in [0.717, 1.165) is 43.7 Å². The Labute approximate surface area is 106 Å². The Hall–Kier alpha value is -1.68. The van der Waals surface area contributed by atoms with Crippen molar-refractivity contribution in [2.24, 2.45) is 5.92 Å². The van der Waals surface area contributed by atoms with E-state index >= 15 is 0 Å². The maximum atomic E-state index is 10.8. The average Bonchev–Trinajstić information content (AvgIpc) is 2.82. The molecule has 1 aliphatic rings. The van der Waals surface area contributed by atoms with Crippen molar-refractivity contribution in [3.63, 3.8) is 0 Å². The number of carbonyl (C=O) groups excluding carboxylic acids is 1. The van der Waals surface area contributed by atoms with Gasteiger partial charge in [-0.05, 0) is 30.9 Å². The molecule has 1 saturated heterocycles. The predicted octanol–water partition coefficient (Wildman–Crippen LogP) is 2.12. The van der Waals surface area contributed by atoms with Gasteiger partial charge in [0.2, 0.25) is 0 Å². The Kier molecular flexibility index (Phi) is 3.11. The van der Waals surface area contributed by atoms with E-state index in [9.17, 15) is 4.79 Å². The summed E-state index contributed by atoms with van der Waals surface area (Å²) in [6, 6.07) is 3.75. The molecule has 1 unspecified atom stereocenters. The second-order valence-electron chi connectivity index (χ2n) is 4.84. The second kappa shape index (κ2) is 4.90. The lowest BCUT2D eigenvalue weighted by atomic mass is 9.98. The van der Waals surface area contributed by atoms with Crippen molar-refractivity contribution in [1.82, 2.24) is 9.38 Å². The highest BCUT2D eigenvalue weighted by Gasteiger charge is 2.16. The van der Waals surface area contributed by atoms with E-state index < -0.39 is 0 Å². The third-order valence-electron chi connectivity index (χ3n) is 3.49. The molecule has 94 valence electrons. The number of imidazole rings is 1. The van der Waals surface area contributed by atoms with Gasteiger partial charge in [0.05, 0.1) is 11.7 Å². The molecule has 0 aromatic carbocycles. The maximum Gasteiger partial charge on any atom is 0.151 e. The summed E-state index contributed by atoms with van der Waals surface area (Å²) in [6.07, 6.45) is 7.82. The normalized spacial score (nSPS) is 20.1. The van der Waals surface area contributed by atoms with Crippen molar-refractivity contribution in [2.45, 2.75) is 19.3 Å². The van der Waals surface area contributed by atoms with Crippen LogP contribution < -0.4 is 0 Å². The molecule has 0 saturated carbocycles. The molecule has 2 aromatic rings. The van der Waals surface area contributed by atoms with Crippen molar-refractivity contribution in [2.75, 3.05) is 13.2 Å². The van der Waals surface area contributed by atoms with Crippen LogP contribution in [0.2, 0.25) is 0 Å². The van der Waals surface area contributed by atoms with Crippen LogP contribution in [0, 0.1) is 5.92 Å². The van der Waals surface area contributed by atoms with Crippen molar-refractivity contribution in [1.29, 1.82) is 0 Å². The van der Waals surface area contributed by atoms with Crippen LogP contribution in [-0.4, -0.2) is 28.9 Å². The third-order valence-corrected chi connectivity index (χ3v) is 3.49. The van der Waals surface area contributed by atoms with Gasteiger partial charge in [0, 0.05) is 31.4 Å². The zero-order valence-corrected chi connectivity index (χ0v) is 10.2. The Morgan fingerprint density at radius 2 is 2.44 bits per heavy atom. The summed E-state index contributed by atoms with van der Waals surface area (Å²) in [4.78, 5) is 15.3. The lowest BCUT2D eigenvalue weighted by Crippen LogP contribution is -2.20. The topological polar surface area (TPSA) is 43.6 Å². The minimum Gasteiger partial charge on any atom is -0.381 e. The SMILES string of the molecule is O=Cc1ccc2cnc(CC3CCCOC3)n2c1. The summed E-state index contributed by atoms with van der Waals surface area (Å²) in [7, 11) is 0. The maximum absolute atomic E-state index is 10.8. The highest BCUT2D eigenvalue weighted by molar-refractivity contribution is 5.75. The van der Waals surface area contributed by atoms with Crippen molar-refractivity contribution >= 4 is 11.8 Å². The van der Waals surface area contributed by atoms with Crippen LogP contribution in [0.3, 0.4) is 0 Å². The average molecular weight is 244 g/mol. The predicted molar refractivity (Wildman–Crippen MR) is 67.8 cm³/mol. The Morgan fingerprint density at radius 3 is 3.22 bits per heavy atom. The van der Waals surface area contributed by atoms with Gasteiger partial charge >= 0.3 is 0 Å². The molecule has 4 heteroatoms. The lowest BCUT2D eigenvalue weighted by molar-refractivity contribution is 0.0542. The van der Waals surface area contributed by atoms with E-state index in [4.69, 9.17) is 4.74 Å². The molecule has 0 N–H and O–H groups in total. The van der Waals surface area contributed by atoms with Crippen LogP contribution >= 0.6 is 0 Å². The van der Waals surface area contributed by atoms with Gasteiger partial charge in [-0.25, -0.2) is 4.98 Å². The van der Waals surface area contributed by atoms with E-state index in [1.807, 2.05) is 28.9 Å². The monoisotopic (exact) mass is 244 g/mol.